The minimum Gasteiger partial charge on any atom is -0.276 e. The van der Waals surface area contributed by atoms with Gasteiger partial charge in [-0.05, 0) is 35.0 Å². The predicted molar refractivity (Wildman–Crippen MR) is 125 cm³/mol. The van der Waals surface area contributed by atoms with E-state index in [1.165, 1.54) is 16.7 Å². The minimum atomic E-state index is 0.489. The molecule has 0 atom stereocenters. The van der Waals surface area contributed by atoms with E-state index in [1.807, 2.05) is 72.8 Å². The molecule has 0 spiro atoms. The van der Waals surface area contributed by atoms with Crippen molar-refractivity contribution in [3.63, 3.8) is 0 Å². The molecule has 5 nitrogen and oxygen atoms in total. The minimum absolute atomic E-state index is 0.489. The molecule has 1 N–H and O–H groups in total. The van der Waals surface area contributed by atoms with Crippen LogP contribution in [0.2, 0.25) is 0 Å². The summed E-state index contributed by atoms with van der Waals surface area (Å²) in [6, 6.07) is 32.1. The average molecular weight is 408 g/mol. The second-order valence-electron chi connectivity index (χ2n) is 6.64. The number of para-hydroxylation sites is 1. The summed E-state index contributed by atoms with van der Waals surface area (Å²) in [6.45, 7) is 0. The standard InChI is InChI=1S/C24H17N5S/c1-2-9-18(10-3-1)23(28-29-24-25-21-12-6-7-13-22(21)30-24)27-26-20-15-14-17-8-4-5-11-19(17)16-20/h1-16,26H/b27-23+,29-28?. The zero-order chi connectivity index (χ0) is 20.2. The van der Waals surface area contributed by atoms with Crippen LogP contribution in [0.1, 0.15) is 5.56 Å². The maximum Gasteiger partial charge on any atom is 0.231 e. The van der Waals surface area contributed by atoms with Gasteiger partial charge in [0, 0.05) is 5.56 Å². The van der Waals surface area contributed by atoms with E-state index in [0.29, 0.717) is 11.0 Å². The van der Waals surface area contributed by atoms with Gasteiger partial charge < -0.3 is 0 Å². The van der Waals surface area contributed by atoms with Gasteiger partial charge in [-0.15, -0.1) is 10.2 Å². The van der Waals surface area contributed by atoms with Crippen LogP contribution < -0.4 is 5.43 Å². The Morgan fingerprint density at radius 2 is 1.53 bits per heavy atom. The van der Waals surface area contributed by atoms with E-state index >= 15 is 0 Å². The lowest BCUT2D eigenvalue weighted by molar-refractivity contribution is 1.21. The van der Waals surface area contributed by atoms with E-state index in [2.05, 4.69) is 50.0 Å². The van der Waals surface area contributed by atoms with E-state index in [4.69, 9.17) is 0 Å². The van der Waals surface area contributed by atoms with Gasteiger partial charge >= 0.3 is 0 Å². The molecule has 0 unspecified atom stereocenters. The number of thiazole rings is 1. The lowest BCUT2D eigenvalue weighted by Crippen LogP contribution is -2.01. The van der Waals surface area contributed by atoms with Crippen LogP contribution in [0.15, 0.2) is 112 Å². The number of amidine groups is 1. The molecule has 6 heteroatoms. The Morgan fingerprint density at radius 3 is 2.40 bits per heavy atom. The summed E-state index contributed by atoms with van der Waals surface area (Å²) in [5.41, 5.74) is 5.79. The maximum absolute atomic E-state index is 4.52. The summed E-state index contributed by atoms with van der Waals surface area (Å²) >= 11 is 1.50. The summed E-state index contributed by atoms with van der Waals surface area (Å²) in [5, 5.41) is 16.2. The lowest BCUT2D eigenvalue weighted by Gasteiger charge is -2.05. The van der Waals surface area contributed by atoms with Gasteiger partial charge in [0.25, 0.3) is 0 Å². The molecule has 0 fully saturated rings. The third-order valence-electron chi connectivity index (χ3n) is 4.59. The van der Waals surface area contributed by atoms with Crippen LogP contribution >= 0.6 is 11.3 Å². The molecule has 0 aliphatic rings. The quantitative estimate of drug-likeness (QED) is 0.151. The highest BCUT2D eigenvalue weighted by Crippen LogP contribution is 2.28. The van der Waals surface area contributed by atoms with Crippen molar-refractivity contribution < 1.29 is 0 Å². The van der Waals surface area contributed by atoms with Crippen LogP contribution in [0.4, 0.5) is 10.8 Å². The third-order valence-corrected chi connectivity index (χ3v) is 5.51. The highest BCUT2D eigenvalue weighted by atomic mass is 32.1. The summed E-state index contributed by atoms with van der Waals surface area (Å²) in [5.74, 6) is 0.489. The molecular formula is C24H17N5S. The van der Waals surface area contributed by atoms with Crippen molar-refractivity contribution in [1.29, 1.82) is 0 Å². The number of hydrazone groups is 1. The SMILES string of the molecule is c1ccc(/C(N=Nc2nc3ccccc3s2)=N\Nc2ccc3ccccc3c2)cc1. The Labute approximate surface area is 177 Å². The van der Waals surface area contributed by atoms with E-state index in [1.54, 1.807) is 0 Å². The molecular weight excluding hydrogens is 390 g/mol. The fourth-order valence-electron chi connectivity index (χ4n) is 3.10. The summed E-state index contributed by atoms with van der Waals surface area (Å²) in [4.78, 5) is 4.51. The van der Waals surface area contributed by atoms with Crippen molar-refractivity contribution in [2.75, 3.05) is 5.43 Å². The van der Waals surface area contributed by atoms with Crippen LogP contribution in [0.3, 0.4) is 0 Å². The predicted octanol–water partition coefficient (Wildman–Crippen LogP) is 7.01. The van der Waals surface area contributed by atoms with Crippen LogP contribution in [0.5, 0.6) is 0 Å². The zero-order valence-corrected chi connectivity index (χ0v) is 16.8. The third kappa shape index (κ3) is 3.94. The molecule has 0 aliphatic carbocycles. The molecule has 30 heavy (non-hydrogen) atoms. The average Bonchev–Trinajstić information content (AvgIpc) is 3.22. The molecule has 5 aromatic rings. The second kappa shape index (κ2) is 8.23. The summed E-state index contributed by atoms with van der Waals surface area (Å²) < 4.78 is 1.08. The molecule has 5 rings (SSSR count). The molecule has 1 aromatic heterocycles. The Bertz CT molecular complexity index is 1340. The van der Waals surface area contributed by atoms with Gasteiger partial charge in [0.05, 0.1) is 15.9 Å². The van der Waals surface area contributed by atoms with Crippen LogP contribution in [0, 0.1) is 0 Å². The topological polar surface area (TPSA) is 62.0 Å². The van der Waals surface area contributed by atoms with Gasteiger partial charge in [0.15, 0.2) is 0 Å². The number of hydrogen-bond acceptors (Lipinski definition) is 5. The molecule has 0 aliphatic heterocycles. The Hall–Kier alpha value is -3.90. The fourth-order valence-corrected chi connectivity index (χ4v) is 3.89. The second-order valence-corrected chi connectivity index (χ2v) is 7.65. The number of fused-ring (bicyclic) bond motifs is 2. The van der Waals surface area contributed by atoms with Gasteiger partial charge in [0.1, 0.15) is 0 Å². The van der Waals surface area contributed by atoms with Crippen molar-refractivity contribution in [3.05, 3.63) is 103 Å². The molecule has 144 valence electrons. The van der Waals surface area contributed by atoms with Crippen molar-refractivity contribution in [2.45, 2.75) is 0 Å². The number of anilines is 1. The first-order chi connectivity index (χ1) is 14.8. The lowest BCUT2D eigenvalue weighted by atomic mass is 10.1. The highest BCUT2D eigenvalue weighted by molar-refractivity contribution is 7.21. The number of aromatic nitrogens is 1. The van der Waals surface area contributed by atoms with E-state index in [0.717, 1.165) is 26.9 Å². The Morgan fingerprint density at radius 1 is 0.767 bits per heavy atom. The van der Waals surface area contributed by atoms with Crippen molar-refractivity contribution in [3.8, 4) is 0 Å². The van der Waals surface area contributed by atoms with Crippen molar-refractivity contribution >= 4 is 49.0 Å². The monoisotopic (exact) mass is 407 g/mol. The molecule has 0 radical (unpaired) electrons. The molecule has 0 bridgehead atoms. The summed E-state index contributed by atoms with van der Waals surface area (Å²) in [7, 11) is 0. The number of nitrogens with one attached hydrogen (secondary N) is 1. The Balaban J connectivity index is 1.46. The van der Waals surface area contributed by atoms with Crippen molar-refractivity contribution in [2.24, 2.45) is 15.3 Å². The van der Waals surface area contributed by atoms with Crippen molar-refractivity contribution in [1.82, 2.24) is 4.98 Å². The zero-order valence-electron chi connectivity index (χ0n) is 15.9. The molecule has 0 saturated heterocycles. The molecule has 0 amide bonds. The number of rotatable bonds is 4. The van der Waals surface area contributed by atoms with Gasteiger partial charge in [-0.2, -0.15) is 5.10 Å². The number of azo groups is 1. The first-order valence-electron chi connectivity index (χ1n) is 9.50. The van der Waals surface area contributed by atoms with E-state index in [9.17, 15) is 0 Å². The first kappa shape index (κ1) is 18.1. The van der Waals surface area contributed by atoms with Gasteiger partial charge in [-0.3, -0.25) is 5.43 Å². The molecule has 4 aromatic carbocycles. The number of hydrogen-bond donors (Lipinski definition) is 1. The van der Waals surface area contributed by atoms with E-state index < -0.39 is 0 Å². The molecule has 0 saturated carbocycles. The fraction of sp³-hybridized carbons (Fsp3) is 0. The van der Waals surface area contributed by atoms with Crippen LogP contribution in [-0.4, -0.2) is 10.8 Å². The van der Waals surface area contributed by atoms with E-state index in [-0.39, 0.29) is 0 Å². The number of benzene rings is 4. The van der Waals surface area contributed by atoms with Gasteiger partial charge in [-0.1, -0.05) is 84.1 Å². The normalized spacial score (nSPS) is 12.1. The largest absolute Gasteiger partial charge is 0.276 e. The maximum atomic E-state index is 4.52. The van der Waals surface area contributed by atoms with Crippen LogP contribution in [-0.2, 0) is 0 Å². The first-order valence-corrected chi connectivity index (χ1v) is 10.3. The smallest absolute Gasteiger partial charge is 0.231 e. The summed E-state index contributed by atoms with van der Waals surface area (Å²) in [6.07, 6.45) is 0. The van der Waals surface area contributed by atoms with Gasteiger partial charge in [-0.25, -0.2) is 4.98 Å². The highest BCUT2D eigenvalue weighted by Gasteiger charge is 2.05. The molecule has 1 heterocycles. The van der Waals surface area contributed by atoms with Gasteiger partial charge in [0.2, 0.25) is 11.0 Å². The van der Waals surface area contributed by atoms with Crippen LogP contribution in [0.25, 0.3) is 21.0 Å². The number of nitrogens with zero attached hydrogens (tertiary/aromatic N) is 4. The Kier molecular flexibility index (Phi) is 4.98.